The van der Waals surface area contributed by atoms with Crippen LogP contribution >= 0.6 is 11.8 Å². The molecule has 1 rings (SSSR count). The summed E-state index contributed by atoms with van der Waals surface area (Å²) in [5, 5.41) is 0. The van der Waals surface area contributed by atoms with Crippen molar-refractivity contribution in [3.05, 3.63) is 29.6 Å². The third kappa shape index (κ3) is 3.58. The zero-order chi connectivity index (χ0) is 10.4. The van der Waals surface area contributed by atoms with E-state index >= 15 is 0 Å². The fourth-order valence-corrected chi connectivity index (χ4v) is 2.23. The maximum atomic E-state index is 12.9. The van der Waals surface area contributed by atoms with E-state index in [4.69, 9.17) is 5.73 Å². The number of rotatable bonds is 5. The summed E-state index contributed by atoms with van der Waals surface area (Å²) >= 11 is 1.81. The van der Waals surface area contributed by atoms with Crippen LogP contribution in [-0.2, 0) is 5.75 Å². The van der Waals surface area contributed by atoms with Gasteiger partial charge in [0.05, 0.1) is 0 Å². The summed E-state index contributed by atoms with van der Waals surface area (Å²) in [6, 6.07) is 4.55. The van der Waals surface area contributed by atoms with Crippen LogP contribution < -0.4 is 5.73 Å². The molecule has 0 saturated heterocycles. The average molecular weight is 213 g/mol. The van der Waals surface area contributed by atoms with E-state index in [1.165, 1.54) is 25.0 Å². The minimum absolute atomic E-state index is 0.203. The molecule has 0 atom stereocenters. The van der Waals surface area contributed by atoms with Crippen molar-refractivity contribution in [3.8, 4) is 0 Å². The Kier molecular flexibility index (Phi) is 4.80. The molecule has 78 valence electrons. The van der Waals surface area contributed by atoms with E-state index in [2.05, 4.69) is 6.92 Å². The molecule has 0 aromatic heterocycles. The van der Waals surface area contributed by atoms with E-state index in [1.54, 1.807) is 6.07 Å². The van der Waals surface area contributed by atoms with Gasteiger partial charge in [0.2, 0.25) is 0 Å². The Bertz CT molecular complexity index is 289. The lowest BCUT2D eigenvalue weighted by molar-refractivity contribution is 0.627. The van der Waals surface area contributed by atoms with Gasteiger partial charge < -0.3 is 5.73 Å². The van der Waals surface area contributed by atoms with E-state index in [9.17, 15) is 4.39 Å². The first-order valence-corrected chi connectivity index (χ1v) is 6.01. The Balaban J connectivity index is 2.45. The van der Waals surface area contributed by atoms with Crippen LogP contribution in [0, 0.1) is 5.82 Å². The maximum Gasteiger partial charge on any atom is 0.123 e. The summed E-state index contributed by atoms with van der Waals surface area (Å²) in [6.45, 7) is 2.16. The quantitative estimate of drug-likeness (QED) is 0.599. The molecule has 0 radical (unpaired) electrons. The van der Waals surface area contributed by atoms with Crippen molar-refractivity contribution < 1.29 is 4.39 Å². The summed E-state index contributed by atoms with van der Waals surface area (Å²) in [4.78, 5) is 0. The first-order chi connectivity index (χ1) is 6.74. The summed E-state index contributed by atoms with van der Waals surface area (Å²) < 4.78 is 12.9. The molecule has 0 aliphatic carbocycles. The topological polar surface area (TPSA) is 26.0 Å². The SMILES string of the molecule is CCCCSCc1cc(F)ccc1N. The maximum absolute atomic E-state index is 12.9. The molecular formula is C11H16FNS. The van der Waals surface area contributed by atoms with Gasteiger partial charge in [-0.05, 0) is 35.9 Å². The van der Waals surface area contributed by atoms with Crippen molar-refractivity contribution in [2.45, 2.75) is 25.5 Å². The van der Waals surface area contributed by atoms with E-state index in [-0.39, 0.29) is 5.82 Å². The van der Waals surface area contributed by atoms with Crippen LogP contribution in [0.5, 0.6) is 0 Å². The number of hydrogen-bond donors (Lipinski definition) is 1. The Labute approximate surface area is 88.9 Å². The molecule has 0 saturated carbocycles. The predicted molar refractivity (Wildman–Crippen MR) is 61.9 cm³/mol. The number of halogens is 1. The molecule has 0 aliphatic heterocycles. The first kappa shape index (κ1) is 11.4. The smallest absolute Gasteiger partial charge is 0.123 e. The van der Waals surface area contributed by atoms with Crippen LogP contribution in [0.4, 0.5) is 10.1 Å². The molecule has 1 nitrogen and oxygen atoms in total. The highest BCUT2D eigenvalue weighted by Crippen LogP contribution is 2.20. The second-order valence-electron chi connectivity index (χ2n) is 3.25. The third-order valence-corrected chi connectivity index (χ3v) is 3.10. The Morgan fingerprint density at radius 3 is 2.93 bits per heavy atom. The standard InChI is InChI=1S/C11H16FNS/c1-2-3-6-14-8-9-7-10(12)4-5-11(9)13/h4-5,7H,2-3,6,8,13H2,1H3. The highest BCUT2D eigenvalue weighted by atomic mass is 32.2. The molecule has 14 heavy (non-hydrogen) atoms. The van der Waals surface area contributed by atoms with Crippen molar-refractivity contribution in [2.75, 3.05) is 11.5 Å². The van der Waals surface area contributed by atoms with E-state index in [0.29, 0.717) is 5.69 Å². The van der Waals surface area contributed by atoms with Gasteiger partial charge in [-0.15, -0.1) is 0 Å². The minimum atomic E-state index is -0.203. The van der Waals surface area contributed by atoms with Gasteiger partial charge in [0.1, 0.15) is 5.82 Å². The lowest BCUT2D eigenvalue weighted by atomic mass is 10.2. The van der Waals surface area contributed by atoms with Crippen LogP contribution in [0.3, 0.4) is 0 Å². The van der Waals surface area contributed by atoms with Gasteiger partial charge in [0.25, 0.3) is 0 Å². The van der Waals surface area contributed by atoms with Gasteiger partial charge in [-0.2, -0.15) is 11.8 Å². The minimum Gasteiger partial charge on any atom is -0.398 e. The molecule has 2 N–H and O–H groups in total. The highest BCUT2D eigenvalue weighted by Gasteiger charge is 2.00. The number of benzene rings is 1. The van der Waals surface area contributed by atoms with Crippen LogP contribution in [0.2, 0.25) is 0 Å². The van der Waals surface area contributed by atoms with Crippen LogP contribution in [-0.4, -0.2) is 5.75 Å². The number of nitrogens with two attached hydrogens (primary N) is 1. The van der Waals surface area contributed by atoms with Gasteiger partial charge in [-0.1, -0.05) is 13.3 Å². The molecule has 0 spiro atoms. The van der Waals surface area contributed by atoms with Gasteiger partial charge in [0.15, 0.2) is 0 Å². The molecule has 0 fully saturated rings. The zero-order valence-electron chi connectivity index (χ0n) is 8.42. The molecule has 1 aromatic rings. The molecule has 3 heteroatoms. The monoisotopic (exact) mass is 213 g/mol. The van der Waals surface area contributed by atoms with Crippen molar-refractivity contribution in [3.63, 3.8) is 0 Å². The number of nitrogen functional groups attached to an aromatic ring is 1. The fraction of sp³-hybridized carbons (Fsp3) is 0.455. The molecule has 0 amide bonds. The zero-order valence-corrected chi connectivity index (χ0v) is 9.24. The van der Waals surface area contributed by atoms with Gasteiger partial charge in [-0.25, -0.2) is 4.39 Å². The third-order valence-electron chi connectivity index (χ3n) is 2.00. The van der Waals surface area contributed by atoms with Crippen molar-refractivity contribution in [1.82, 2.24) is 0 Å². The number of thioether (sulfide) groups is 1. The largest absolute Gasteiger partial charge is 0.398 e. The summed E-state index contributed by atoms with van der Waals surface area (Å²) in [5.74, 6) is 1.72. The molecule has 0 bridgehead atoms. The van der Waals surface area contributed by atoms with Crippen molar-refractivity contribution in [2.24, 2.45) is 0 Å². The highest BCUT2D eigenvalue weighted by molar-refractivity contribution is 7.98. The lowest BCUT2D eigenvalue weighted by Gasteiger charge is -2.05. The number of hydrogen-bond acceptors (Lipinski definition) is 2. The summed E-state index contributed by atoms with van der Waals surface area (Å²) in [5.41, 5.74) is 7.32. The second kappa shape index (κ2) is 5.91. The van der Waals surface area contributed by atoms with Crippen molar-refractivity contribution >= 4 is 17.4 Å². The molecule has 0 heterocycles. The lowest BCUT2D eigenvalue weighted by Crippen LogP contribution is -1.94. The Morgan fingerprint density at radius 1 is 1.43 bits per heavy atom. The van der Waals surface area contributed by atoms with Gasteiger partial charge in [-0.3, -0.25) is 0 Å². The summed E-state index contributed by atoms with van der Waals surface area (Å²) in [7, 11) is 0. The van der Waals surface area contributed by atoms with Gasteiger partial charge in [0, 0.05) is 11.4 Å². The number of unbranched alkanes of at least 4 members (excludes halogenated alkanes) is 1. The van der Waals surface area contributed by atoms with E-state index in [1.807, 2.05) is 11.8 Å². The van der Waals surface area contributed by atoms with Crippen LogP contribution in [0.1, 0.15) is 25.3 Å². The molecule has 0 unspecified atom stereocenters. The second-order valence-corrected chi connectivity index (χ2v) is 4.35. The fourth-order valence-electron chi connectivity index (χ4n) is 1.13. The molecular weight excluding hydrogens is 197 g/mol. The predicted octanol–water partition coefficient (Wildman–Crippen LogP) is 3.44. The van der Waals surface area contributed by atoms with Crippen molar-refractivity contribution in [1.29, 1.82) is 0 Å². The van der Waals surface area contributed by atoms with Gasteiger partial charge >= 0.3 is 0 Å². The van der Waals surface area contributed by atoms with E-state index in [0.717, 1.165) is 17.1 Å². The Morgan fingerprint density at radius 2 is 2.21 bits per heavy atom. The number of anilines is 1. The Hall–Kier alpha value is -0.700. The van der Waals surface area contributed by atoms with Crippen LogP contribution in [0.25, 0.3) is 0 Å². The summed E-state index contributed by atoms with van der Waals surface area (Å²) in [6.07, 6.45) is 2.41. The van der Waals surface area contributed by atoms with Crippen LogP contribution in [0.15, 0.2) is 18.2 Å². The normalized spacial score (nSPS) is 10.4. The first-order valence-electron chi connectivity index (χ1n) is 4.85. The molecule has 1 aromatic carbocycles. The molecule has 0 aliphatic rings. The average Bonchev–Trinajstić information content (AvgIpc) is 2.18. The van der Waals surface area contributed by atoms with E-state index < -0.39 is 0 Å².